The van der Waals surface area contributed by atoms with E-state index in [9.17, 15) is 18.3 Å². The Morgan fingerprint density at radius 3 is 2.24 bits per heavy atom. The van der Waals surface area contributed by atoms with Crippen LogP contribution in [0.25, 0.3) is 21.5 Å². The summed E-state index contributed by atoms with van der Waals surface area (Å²) in [5.74, 6) is 0. The van der Waals surface area contributed by atoms with E-state index < -0.39 is 17.8 Å². The van der Waals surface area contributed by atoms with Crippen molar-refractivity contribution in [2.45, 2.75) is 12.3 Å². The third-order valence-electron chi connectivity index (χ3n) is 3.94. The molecule has 0 saturated carbocycles. The number of hydrogen-bond acceptors (Lipinski definition) is 1. The van der Waals surface area contributed by atoms with E-state index in [2.05, 4.69) is 63.7 Å². The smallest absolute Gasteiger partial charge is 0.388 e. The van der Waals surface area contributed by atoms with E-state index in [1.807, 2.05) is 6.07 Å². The standard InChI is InChI=1S/C17H9Br4F3O/c18-6-13(25)10-3-7-4-12(19)15(20)16(21)14(7)11-5-8(17(22,23)24)1-2-9(10)11/h1-5,13,25H,6H2/t13-/m1/s1. The highest BCUT2D eigenvalue weighted by molar-refractivity contribution is 9.14. The van der Waals surface area contributed by atoms with Crippen LogP contribution in [0.3, 0.4) is 0 Å². The van der Waals surface area contributed by atoms with Crippen LogP contribution in [0.1, 0.15) is 17.2 Å². The average Bonchev–Trinajstić information content (AvgIpc) is 2.56. The number of rotatable bonds is 2. The van der Waals surface area contributed by atoms with Crippen LogP contribution in [0.15, 0.2) is 43.7 Å². The van der Waals surface area contributed by atoms with Gasteiger partial charge >= 0.3 is 6.18 Å². The van der Waals surface area contributed by atoms with Gasteiger partial charge in [-0.25, -0.2) is 0 Å². The molecule has 1 N–H and O–H groups in total. The van der Waals surface area contributed by atoms with Gasteiger partial charge in [0.2, 0.25) is 0 Å². The second-order valence-corrected chi connectivity index (χ2v) is 8.57. The third kappa shape index (κ3) is 3.52. The quantitative estimate of drug-likeness (QED) is 0.180. The SMILES string of the molecule is O[C@H](CBr)c1cc2cc(Br)c(Br)c(Br)c2c2cc(C(F)(F)F)ccc12. The van der Waals surface area contributed by atoms with E-state index in [0.29, 0.717) is 30.7 Å². The van der Waals surface area contributed by atoms with Crippen LogP contribution >= 0.6 is 63.7 Å². The molecule has 0 aliphatic carbocycles. The zero-order valence-electron chi connectivity index (χ0n) is 12.3. The van der Waals surface area contributed by atoms with Crippen molar-refractivity contribution in [1.82, 2.24) is 0 Å². The van der Waals surface area contributed by atoms with E-state index in [-0.39, 0.29) is 5.33 Å². The number of benzene rings is 3. The van der Waals surface area contributed by atoms with E-state index in [4.69, 9.17) is 0 Å². The van der Waals surface area contributed by atoms with Gasteiger partial charge in [0.05, 0.1) is 11.7 Å². The maximum atomic E-state index is 13.2. The molecular weight excluding hydrogens is 597 g/mol. The minimum atomic E-state index is -4.44. The molecule has 0 fully saturated rings. The molecule has 0 bridgehead atoms. The summed E-state index contributed by atoms with van der Waals surface area (Å²) in [5.41, 5.74) is -0.146. The summed E-state index contributed by atoms with van der Waals surface area (Å²) in [7, 11) is 0. The lowest BCUT2D eigenvalue weighted by atomic mass is 9.93. The van der Waals surface area contributed by atoms with E-state index in [1.165, 1.54) is 6.07 Å². The fourth-order valence-electron chi connectivity index (χ4n) is 2.78. The Hall–Kier alpha value is -0.150. The summed E-state index contributed by atoms with van der Waals surface area (Å²) < 4.78 is 41.7. The number of hydrogen-bond donors (Lipinski definition) is 1. The summed E-state index contributed by atoms with van der Waals surface area (Å²) in [6.45, 7) is 0. The summed E-state index contributed by atoms with van der Waals surface area (Å²) in [4.78, 5) is 0. The highest BCUT2D eigenvalue weighted by Crippen LogP contribution is 2.44. The molecule has 0 spiro atoms. The second-order valence-electron chi connectivity index (χ2n) is 5.48. The van der Waals surface area contributed by atoms with Crippen LogP contribution in [-0.4, -0.2) is 10.4 Å². The summed E-state index contributed by atoms with van der Waals surface area (Å²) in [6, 6.07) is 7.21. The molecule has 132 valence electrons. The Morgan fingerprint density at radius 1 is 0.960 bits per heavy atom. The van der Waals surface area contributed by atoms with Gasteiger partial charge in [0.25, 0.3) is 0 Å². The van der Waals surface area contributed by atoms with Gasteiger partial charge in [-0.15, -0.1) is 0 Å². The number of aliphatic hydroxyl groups excluding tert-OH is 1. The van der Waals surface area contributed by atoms with Crippen molar-refractivity contribution in [3.63, 3.8) is 0 Å². The van der Waals surface area contributed by atoms with Crippen LogP contribution in [0, 0.1) is 0 Å². The molecule has 0 aliphatic heterocycles. The molecule has 8 heteroatoms. The van der Waals surface area contributed by atoms with Crippen LogP contribution in [0.4, 0.5) is 13.2 Å². The van der Waals surface area contributed by atoms with Crippen molar-refractivity contribution in [2.75, 3.05) is 5.33 Å². The van der Waals surface area contributed by atoms with Crippen molar-refractivity contribution in [2.24, 2.45) is 0 Å². The average molecular weight is 606 g/mol. The lowest BCUT2D eigenvalue weighted by Crippen LogP contribution is -2.06. The minimum Gasteiger partial charge on any atom is -0.388 e. The van der Waals surface area contributed by atoms with Crippen LogP contribution in [0.5, 0.6) is 0 Å². The van der Waals surface area contributed by atoms with Gasteiger partial charge in [-0.2, -0.15) is 13.2 Å². The van der Waals surface area contributed by atoms with Gasteiger partial charge in [-0.3, -0.25) is 0 Å². The number of alkyl halides is 4. The molecule has 0 saturated heterocycles. The maximum Gasteiger partial charge on any atom is 0.416 e. The fourth-order valence-corrected chi connectivity index (χ4v) is 4.81. The molecule has 3 aromatic carbocycles. The van der Waals surface area contributed by atoms with Gasteiger partial charge < -0.3 is 5.11 Å². The van der Waals surface area contributed by atoms with Crippen molar-refractivity contribution >= 4 is 85.3 Å². The Balaban J connectivity index is 2.54. The van der Waals surface area contributed by atoms with Crippen molar-refractivity contribution in [1.29, 1.82) is 0 Å². The van der Waals surface area contributed by atoms with Gasteiger partial charge in [0.15, 0.2) is 0 Å². The first-order chi connectivity index (χ1) is 11.6. The zero-order chi connectivity index (χ0) is 18.5. The Bertz CT molecular complexity index is 985. The largest absolute Gasteiger partial charge is 0.416 e. The van der Waals surface area contributed by atoms with E-state index in [0.717, 1.165) is 22.0 Å². The van der Waals surface area contributed by atoms with Crippen LogP contribution in [-0.2, 0) is 6.18 Å². The first-order valence-electron chi connectivity index (χ1n) is 7.00. The molecule has 0 heterocycles. The molecule has 3 rings (SSSR count). The summed E-state index contributed by atoms with van der Waals surface area (Å²) in [6.07, 6.45) is -5.27. The molecule has 3 aromatic rings. The number of fused-ring (bicyclic) bond motifs is 3. The molecule has 0 unspecified atom stereocenters. The maximum absolute atomic E-state index is 13.2. The highest BCUT2D eigenvalue weighted by atomic mass is 79.9. The normalized spacial score (nSPS) is 13.6. The first-order valence-corrected chi connectivity index (χ1v) is 10.5. The number of aliphatic hydroxyl groups is 1. The Labute approximate surface area is 175 Å². The fraction of sp³-hybridized carbons (Fsp3) is 0.176. The lowest BCUT2D eigenvalue weighted by Gasteiger charge is -2.17. The molecule has 0 amide bonds. The van der Waals surface area contributed by atoms with E-state index in [1.54, 1.807) is 6.07 Å². The number of halogens is 7. The molecule has 0 aromatic heterocycles. The van der Waals surface area contributed by atoms with Gasteiger partial charge in [-0.05, 0) is 93.8 Å². The molecule has 0 aliphatic rings. The molecule has 1 atom stereocenters. The zero-order valence-corrected chi connectivity index (χ0v) is 18.6. The molecule has 1 nitrogen and oxygen atoms in total. The third-order valence-corrected chi connectivity index (χ3v) is 7.86. The van der Waals surface area contributed by atoms with Crippen molar-refractivity contribution in [3.05, 3.63) is 54.9 Å². The monoisotopic (exact) mass is 602 g/mol. The van der Waals surface area contributed by atoms with Crippen LogP contribution < -0.4 is 0 Å². The molecule has 25 heavy (non-hydrogen) atoms. The summed E-state index contributed by atoms with van der Waals surface area (Å²) in [5, 5.41) is 13.0. The second kappa shape index (κ2) is 7.11. The molecular formula is C17H9Br4F3O. The molecule has 0 radical (unpaired) electrons. The van der Waals surface area contributed by atoms with Crippen molar-refractivity contribution < 1.29 is 18.3 Å². The lowest BCUT2D eigenvalue weighted by molar-refractivity contribution is -0.137. The summed E-state index contributed by atoms with van der Waals surface area (Å²) >= 11 is 13.6. The predicted molar refractivity (Wildman–Crippen MR) is 108 cm³/mol. The Morgan fingerprint density at radius 2 is 1.64 bits per heavy atom. The van der Waals surface area contributed by atoms with Crippen molar-refractivity contribution in [3.8, 4) is 0 Å². The first kappa shape index (κ1) is 19.6. The van der Waals surface area contributed by atoms with Gasteiger partial charge in [-0.1, -0.05) is 22.0 Å². The van der Waals surface area contributed by atoms with E-state index >= 15 is 0 Å². The topological polar surface area (TPSA) is 20.2 Å². The highest BCUT2D eigenvalue weighted by Gasteiger charge is 2.31. The predicted octanol–water partition coefficient (Wildman–Crippen LogP) is 7.73. The minimum absolute atomic E-state index is 0.285. The van der Waals surface area contributed by atoms with Crippen LogP contribution in [0.2, 0.25) is 0 Å². The van der Waals surface area contributed by atoms with Gasteiger partial charge in [0.1, 0.15) is 0 Å². The Kier molecular flexibility index (Phi) is 5.58. The van der Waals surface area contributed by atoms with Gasteiger partial charge in [0, 0.05) is 24.1 Å².